The number of hydrogen-bond acceptors (Lipinski definition) is 4. The van der Waals surface area contributed by atoms with E-state index in [1.165, 1.54) is 12.8 Å². The van der Waals surface area contributed by atoms with Crippen LogP contribution in [0, 0.1) is 0 Å². The molecule has 1 amide bonds. The number of ether oxygens (including phenoxy) is 1. The lowest BCUT2D eigenvalue weighted by atomic mass is 10.2. The van der Waals surface area contributed by atoms with Crippen molar-refractivity contribution >= 4 is 5.91 Å². The SMILES string of the molecule is CC[C@@H](N)C(=O)N1CCCN(CC2CCCO2)CC1. The van der Waals surface area contributed by atoms with E-state index in [0.29, 0.717) is 6.10 Å². The predicted molar refractivity (Wildman–Crippen MR) is 74.9 cm³/mol. The second kappa shape index (κ2) is 7.22. The van der Waals surface area contributed by atoms with Gasteiger partial charge in [-0.2, -0.15) is 0 Å². The van der Waals surface area contributed by atoms with Crippen molar-refractivity contribution in [3.05, 3.63) is 0 Å². The molecule has 0 aromatic heterocycles. The van der Waals surface area contributed by atoms with Crippen LogP contribution in [0.1, 0.15) is 32.6 Å². The van der Waals surface area contributed by atoms with E-state index in [-0.39, 0.29) is 11.9 Å². The summed E-state index contributed by atoms with van der Waals surface area (Å²) in [5, 5.41) is 0. The molecule has 0 aliphatic carbocycles. The minimum absolute atomic E-state index is 0.112. The summed E-state index contributed by atoms with van der Waals surface area (Å²) in [5.41, 5.74) is 5.84. The van der Waals surface area contributed by atoms with E-state index in [2.05, 4.69) is 4.90 Å². The van der Waals surface area contributed by atoms with Crippen LogP contribution in [-0.2, 0) is 9.53 Å². The molecule has 2 aliphatic heterocycles. The molecule has 0 saturated carbocycles. The molecular weight excluding hydrogens is 242 g/mol. The Labute approximate surface area is 116 Å². The molecule has 19 heavy (non-hydrogen) atoms. The van der Waals surface area contributed by atoms with E-state index >= 15 is 0 Å². The van der Waals surface area contributed by atoms with Crippen molar-refractivity contribution in [2.75, 3.05) is 39.3 Å². The van der Waals surface area contributed by atoms with Crippen LogP contribution in [0.2, 0.25) is 0 Å². The summed E-state index contributed by atoms with van der Waals surface area (Å²) in [6.07, 6.45) is 4.53. The molecule has 0 radical (unpaired) electrons. The molecule has 2 fully saturated rings. The molecule has 5 nitrogen and oxygen atoms in total. The van der Waals surface area contributed by atoms with Gasteiger partial charge in [0.1, 0.15) is 0 Å². The molecule has 2 rings (SSSR count). The van der Waals surface area contributed by atoms with Gasteiger partial charge in [-0.15, -0.1) is 0 Å². The highest BCUT2D eigenvalue weighted by molar-refractivity contribution is 5.81. The minimum Gasteiger partial charge on any atom is -0.377 e. The number of hydrogen-bond donors (Lipinski definition) is 1. The van der Waals surface area contributed by atoms with Crippen LogP contribution in [0.3, 0.4) is 0 Å². The van der Waals surface area contributed by atoms with Crippen molar-refractivity contribution in [1.29, 1.82) is 0 Å². The monoisotopic (exact) mass is 269 g/mol. The molecule has 2 saturated heterocycles. The van der Waals surface area contributed by atoms with Crippen LogP contribution in [0.25, 0.3) is 0 Å². The van der Waals surface area contributed by atoms with E-state index in [1.807, 2.05) is 11.8 Å². The molecular formula is C14H27N3O2. The lowest BCUT2D eigenvalue weighted by Crippen LogP contribution is -2.45. The fourth-order valence-corrected chi connectivity index (χ4v) is 2.86. The Kier molecular flexibility index (Phi) is 5.60. The van der Waals surface area contributed by atoms with Gasteiger partial charge in [0.25, 0.3) is 0 Å². The van der Waals surface area contributed by atoms with Crippen molar-refractivity contribution in [3.63, 3.8) is 0 Å². The van der Waals surface area contributed by atoms with Crippen molar-refractivity contribution in [3.8, 4) is 0 Å². The Hall–Kier alpha value is -0.650. The Morgan fingerprint density at radius 2 is 2.16 bits per heavy atom. The molecule has 0 aromatic carbocycles. The minimum atomic E-state index is -0.329. The van der Waals surface area contributed by atoms with Gasteiger partial charge in [-0.3, -0.25) is 9.69 Å². The highest BCUT2D eigenvalue weighted by atomic mass is 16.5. The zero-order valence-corrected chi connectivity index (χ0v) is 12.0. The lowest BCUT2D eigenvalue weighted by molar-refractivity contribution is -0.132. The first-order valence-electron chi connectivity index (χ1n) is 7.59. The van der Waals surface area contributed by atoms with Gasteiger partial charge in [0.2, 0.25) is 5.91 Å². The van der Waals surface area contributed by atoms with Gasteiger partial charge in [0.15, 0.2) is 0 Å². The number of nitrogens with zero attached hydrogens (tertiary/aromatic N) is 2. The second-order valence-electron chi connectivity index (χ2n) is 5.63. The Balaban J connectivity index is 1.78. The standard InChI is InChI=1S/C14H27N3O2/c1-2-13(15)14(18)17-7-4-6-16(8-9-17)11-12-5-3-10-19-12/h12-13H,2-11,15H2,1H3/t12?,13-/m1/s1. The Bertz CT molecular complexity index is 292. The second-order valence-corrected chi connectivity index (χ2v) is 5.63. The number of nitrogens with two attached hydrogens (primary N) is 1. The topological polar surface area (TPSA) is 58.8 Å². The molecule has 0 aromatic rings. The molecule has 2 aliphatic rings. The first kappa shape index (κ1) is 14.8. The van der Waals surface area contributed by atoms with Crippen LogP contribution < -0.4 is 5.73 Å². The van der Waals surface area contributed by atoms with Crippen LogP contribution in [0.5, 0.6) is 0 Å². The van der Waals surface area contributed by atoms with E-state index < -0.39 is 0 Å². The van der Waals surface area contributed by atoms with Crippen LogP contribution >= 0.6 is 0 Å². The normalized spacial score (nSPS) is 27.3. The number of rotatable bonds is 4. The predicted octanol–water partition coefficient (Wildman–Crippen LogP) is 0.437. The first-order chi connectivity index (χ1) is 9.20. The fourth-order valence-electron chi connectivity index (χ4n) is 2.86. The van der Waals surface area contributed by atoms with E-state index in [4.69, 9.17) is 10.5 Å². The third-order valence-corrected chi connectivity index (χ3v) is 4.14. The van der Waals surface area contributed by atoms with Crippen molar-refractivity contribution in [1.82, 2.24) is 9.80 Å². The average Bonchev–Trinajstić information content (AvgIpc) is 2.82. The molecule has 2 N–H and O–H groups in total. The van der Waals surface area contributed by atoms with Crippen molar-refractivity contribution < 1.29 is 9.53 Å². The molecule has 0 spiro atoms. The summed E-state index contributed by atoms with van der Waals surface area (Å²) >= 11 is 0. The number of amides is 1. The van der Waals surface area contributed by atoms with E-state index in [1.54, 1.807) is 0 Å². The van der Waals surface area contributed by atoms with E-state index in [9.17, 15) is 4.79 Å². The molecule has 1 unspecified atom stereocenters. The summed E-state index contributed by atoms with van der Waals surface area (Å²) in [7, 11) is 0. The highest BCUT2D eigenvalue weighted by Crippen LogP contribution is 2.14. The van der Waals surface area contributed by atoms with Crippen molar-refractivity contribution in [2.24, 2.45) is 5.73 Å². The largest absolute Gasteiger partial charge is 0.377 e. The smallest absolute Gasteiger partial charge is 0.239 e. The number of carbonyl (C=O) groups is 1. The summed E-state index contributed by atoms with van der Waals surface area (Å²) < 4.78 is 5.68. The van der Waals surface area contributed by atoms with Crippen LogP contribution in [-0.4, -0.2) is 67.2 Å². The first-order valence-corrected chi connectivity index (χ1v) is 7.59. The molecule has 0 bridgehead atoms. The lowest BCUT2D eigenvalue weighted by Gasteiger charge is -2.25. The third-order valence-electron chi connectivity index (χ3n) is 4.14. The van der Waals surface area contributed by atoms with Gasteiger partial charge >= 0.3 is 0 Å². The molecule has 2 atom stereocenters. The zero-order chi connectivity index (χ0) is 13.7. The average molecular weight is 269 g/mol. The zero-order valence-electron chi connectivity index (χ0n) is 12.0. The van der Waals surface area contributed by atoms with Gasteiger partial charge in [0, 0.05) is 32.8 Å². The Morgan fingerprint density at radius 3 is 2.84 bits per heavy atom. The van der Waals surface area contributed by atoms with Crippen LogP contribution in [0.4, 0.5) is 0 Å². The molecule has 2 heterocycles. The van der Waals surface area contributed by atoms with Gasteiger partial charge in [0.05, 0.1) is 12.1 Å². The Morgan fingerprint density at radius 1 is 1.32 bits per heavy atom. The van der Waals surface area contributed by atoms with Gasteiger partial charge in [-0.1, -0.05) is 6.92 Å². The molecule has 110 valence electrons. The highest BCUT2D eigenvalue weighted by Gasteiger charge is 2.25. The maximum Gasteiger partial charge on any atom is 0.239 e. The van der Waals surface area contributed by atoms with E-state index in [0.717, 1.165) is 52.2 Å². The molecule has 5 heteroatoms. The van der Waals surface area contributed by atoms with Gasteiger partial charge in [-0.05, 0) is 32.2 Å². The third kappa shape index (κ3) is 4.16. The maximum atomic E-state index is 12.1. The van der Waals surface area contributed by atoms with Gasteiger partial charge < -0.3 is 15.4 Å². The number of carbonyl (C=O) groups excluding carboxylic acids is 1. The summed E-state index contributed by atoms with van der Waals surface area (Å²) in [6.45, 7) is 7.54. The summed E-state index contributed by atoms with van der Waals surface area (Å²) in [4.78, 5) is 16.5. The van der Waals surface area contributed by atoms with Crippen LogP contribution in [0.15, 0.2) is 0 Å². The van der Waals surface area contributed by atoms with Crippen molar-refractivity contribution in [2.45, 2.75) is 44.8 Å². The fraction of sp³-hybridized carbons (Fsp3) is 0.929. The maximum absolute atomic E-state index is 12.1. The summed E-state index contributed by atoms with van der Waals surface area (Å²) in [6, 6.07) is -0.329. The quantitative estimate of drug-likeness (QED) is 0.804. The summed E-state index contributed by atoms with van der Waals surface area (Å²) in [5.74, 6) is 0.112. The van der Waals surface area contributed by atoms with Gasteiger partial charge in [-0.25, -0.2) is 0 Å².